The first-order valence-corrected chi connectivity index (χ1v) is 9.48. The molecular weight excluding hydrogens is 370 g/mol. The number of carbonyl (C=O) groups excluding carboxylic acids is 1. The molecule has 1 amide bonds. The summed E-state index contributed by atoms with van der Waals surface area (Å²) in [4.78, 5) is 12.6. The Morgan fingerprint density at radius 3 is 2.41 bits per heavy atom. The molecule has 0 bridgehead atoms. The number of benzene rings is 2. The molecular formula is C22H25N3O4. The zero-order valence-electron chi connectivity index (χ0n) is 17.2. The number of hydrogen-bond acceptors (Lipinski definition) is 6. The predicted octanol–water partition coefficient (Wildman–Crippen LogP) is 4.55. The van der Waals surface area contributed by atoms with E-state index in [4.69, 9.17) is 14.1 Å². The number of carbonyl (C=O) groups is 1. The van der Waals surface area contributed by atoms with Gasteiger partial charge in [-0.2, -0.15) is 0 Å². The van der Waals surface area contributed by atoms with Gasteiger partial charge in [-0.25, -0.2) is 4.63 Å². The van der Waals surface area contributed by atoms with Gasteiger partial charge in [0, 0.05) is 5.56 Å². The smallest absolute Gasteiger partial charge is 0.266 e. The van der Waals surface area contributed by atoms with E-state index >= 15 is 0 Å². The van der Waals surface area contributed by atoms with Gasteiger partial charge in [0.2, 0.25) is 5.82 Å². The first-order chi connectivity index (χ1) is 13.8. The van der Waals surface area contributed by atoms with Crippen LogP contribution in [0.1, 0.15) is 31.9 Å². The molecule has 0 saturated heterocycles. The van der Waals surface area contributed by atoms with E-state index in [0.29, 0.717) is 11.4 Å². The van der Waals surface area contributed by atoms with Gasteiger partial charge >= 0.3 is 0 Å². The van der Waals surface area contributed by atoms with Crippen LogP contribution >= 0.6 is 0 Å². The van der Waals surface area contributed by atoms with Crippen molar-refractivity contribution in [1.29, 1.82) is 0 Å². The number of nitrogens with one attached hydrogen (secondary N) is 1. The molecule has 2 aromatic carbocycles. The second-order valence-electron chi connectivity index (χ2n) is 7.10. The second-order valence-corrected chi connectivity index (χ2v) is 7.10. The second kappa shape index (κ2) is 8.77. The van der Waals surface area contributed by atoms with Crippen LogP contribution in [0.3, 0.4) is 0 Å². The van der Waals surface area contributed by atoms with E-state index < -0.39 is 6.10 Å². The van der Waals surface area contributed by atoms with Crippen molar-refractivity contribution in [2.45, 2.75) is 46.8 Å². The van der Waals surface area contributed by atoms with E-state index in [1.807, 2.05) is 70.2 Å². The van der Waals surface area contributed by atoms with Crippen LogP contribution in [0.4, 0.5) is 5.82 Å². The molecule has 0 spiro atoms. The number of rotatable bonds is 7. The lowest BCUT2D eigenvalue weighted by Crippen LogP contribution is -2.30. The summed E-state index contributed by atoms with van der Waals surface area (Å²) in [7, 11) is 0. The molecule has 0 aliphatic rings. The highest BCUT2D eigenvalue weighted by molar-refractivity contribution is 5.96. The maximum atomic E-state index is 12.6. The van der Waals surface area contributed by atoms with E-state index in [1.54, 1.807) is 6.92 Å². The third-order valence-corrected chi connectivity index (χ3v) is 4.46. The SMILES string of the molecule is Cc1cccc(O[C@@H](C)C(=O)Nc2nonc2-c2ccc(OC(C)C)cc2)c1C. The maximum Gasteiger partial charge on any atom is 0.266 e. The minimum atomic E-state index is -0.720. The third-order valence-electron chi connectivity index (χ3n) is 4.46. The molecule has 1 aromatic heterocycles. The third kappa shape index (κ3) is 4.93. The topological polar surface area (TPSA) is 86.5 Å². The number of anilines is 1. The van der Waals surface area contributed by atoms with Gasteiger partial charge in [0.1, 0.15) is 11.5 Å². The highest BCUT2D eigenvalue weighted by Crippen LogP contribution is 2.27. The Labute approximate surface area is 170 Å². The van der Waals surface area contributed by atoms with Crippen LogP contribution in [0.5, 0.6) is 11.5 Å². The van der Waals surface area contributed by atoms with Crippen LogP contribution in [0.25, 0.3) is 11.3 Å². The standard InChI is InChI=1S/C22H25N3O4/c1-13(2)27-18-11-9-17(10-12-18)20-21(25-29-24-20)23-22(26)16(5)28-19-8-6-7-14(3)15(19)4/h6-13,16H,1-5H3,(H,23,25,26)/t16-/m0/s1. The van der Waals surface area contributed by atoms with Gasteiger partial charge in [-0.05, 0) is 86.4 Å². The Balaban J connectivity index is 1.70. The fourth-order valence-electron chi connectivity index (χ4n) is 2.74. The molecule has 3 aromatic rings. The number of aryl methyl sites for hydroxylation is 1. The van der Waals surface area contributed by atoms with Gasteiger partial charge in [-0.1, -0.05) is 12.1 Å². The van der Waals surface area contributed by atoms with Crippen molar-refractivity contribution in [3.63, 3.8) is 0 Å². The first-order valence-electron chi connectivity index (χ1n) is 9.48. The lowest BCUT2D eigenvalue weighted by molar-refractivity contribution is -0.122. The monoisotopic (exact) mass is 395 g/mol. The van der Waals surface area contributed by atoms with Gasteiger partial charge < -0.3 is 14.8 Å². The summed E-state index contributed by atoms with van der Waals surface area (Å²) in [6.07, 6.45) is -0.634. The van der Waals surface area contributed by atoms with Crippen molar-refractivity contribution in [3.8, 4) is 22.8 Å². The molecule has 1 atom stereocenters. The minimum absolute atomic E-state index is 0.0861. The minimum Gasteiger partial charge on any atom is -0.491 e. The number of hydrogen-bond donors (Lipinski definition) is 1. The van der Waals surface area contributed by atoms with Gasteiger partial charge in [0.25, 0.3) is 5.91 Å². The Hall–Kier alpha value is -3.35. The van der Waals surface area contributed by atoms with E-state index in [9.17, 15) is 4.79 Å². The number of nitrogens with zero attached hydrogens (tertiary/aromatic N) is 2. The van der Waals surface area contributed by atoms with E-state index in [-0.39, 0.29) is 17.8 Å². The summed E-state index contributed by atoms with van der Waals surface area (Å²) in [5, 5.41) is 10.5. The fourth-order valence-corrected chi connectivity index (χ4v) is 2.74. The maximum absolute atomic E-state index is 12.6. The van der Waals surface area contributed by atoms with E-state index in [2.05, 4.69) is 15.6 Å². The fraction of sp³-hybridized carbons (Fsp3) is 0.318. The lowest BCUT2D eigenvalue weighted by atomic mass is 10.1. The van der Waals surface area contributed by atoms with Crippen molar-refractivity contribution in [2.24, 2.45) is 0 Å². The Kier molecular flexibility index (Phi) is 6.16. The summed E-state index contributed by atoms with van der Waals surface area (Å²) in [6.45, 7) is 9.57. The van der Waals surface area contributed by atoms with Crippen LogP contribution in [-0.4, -0.2) is 28.4 Å². The molecule has 7 nitrogen and oxygen atoms in total. The van der Waals surface area contributed by atoms with Crippen LogP contribution in [0.15, 0.2) is 47.1 Å². The van der Waals surface area contributed by atoms with Crippen molar-refractivity contribution in [3.05, 3.63) is 53.6 Å². The number of amides is 1. The highest BCUT2D eigenvalue weighted by Gasteiger charge is 2.21. The zero-order chi connectivity index (χ0) is 21.0. The number of ether oxygens (including phenoxy) is 2. The summed E-state index contributed by atoms with van der Waals surface area (Å²) < 4.78 is 16.3. The Bertz CT molecular complexity index is 980. The number of aromatic nitrogens is 2. The van der Waals surface area contributed by atoms with Crippen molar-refractivity contribution in [2.75, 3.05) is 5.32 Å². The molecule has 0 radical (unpaired) electrons. The molecule has 0 aliphatic carbocycles. The molecule has 1 heterocycles. The molecule has 0 saturated carbocycles. The molecule has 3 rings (SSSR count). The van der Waals surface area contributed by atoms with Crippen molar-refractivity contribution in [1.82, 2.24) is 10.3 Å². The van der Waals surface area contributed by atoms with Crippen LogP contribution in [-0.2, 0) is 4.79 Å². The summed E-state index contributed by atoms with van der Waals surface area (Å²) in [5.74, 6) is 1.32. The molecule has 29 heavy (non-hydrogen) atoms. The zero-order valence-corrected chi connectivity index (χ0v) is 17.2. The van der Waals surface area contributed by atoms with E-state index in [1.165, 1.54) is 0 Å². The molecule has 0 aliphatic heterocycles. The average molecular weight is 395 g/mol. The summed E-state index contributed by atoms with van der Waals surface area (Å²) in [5.41, 5.74) is 3.29. The largest absolute Gasteiger partial charge is 0.491 e. The molecule has 7 heteroatoms. The molecule has 0 unspecified atom stereocenters. The summed E-state index contributed by atoms with van der Waals surface area (Å²) >= 11 is 0. The predicted molar refractivity (Wildman–Crippen MR) is 110 cm³/mol. The van der Waals surface area contributed by atoms with E-state index in [0.717, 1.165) is 22.4 Å². The van der Waals surface area contributed by atoms with Crippen LogP contribution < -0.4 is 14.8 Å². The van der Waals surface area contributed by atoms with Crippen LogP contribution in [0, 0.1) is 13.8 Å². The quantitative estimate of drug-likeness (QED) is 0.632. The van der Waals surface area contributed by atoms with Gasteiger partial charge in [0.05, 0.1) is 6.10 Å². The molecule has 1 N–H and O–H groups in total. The average Bonchev–Trinajstić information content (AvgIpc) is 3.13. The normalized spacial score (nSPS) is 11.9. The highest BCUT2D eigenvalue weighted by atomic mass is 16.6. The summed E-state index contributed by atoms with van der Waals surface area (Å²) in [6, 6.07) is 13.1. The Morgan fingerprint density at radius 2 is 1.72 bits per heavy atom. The lowest BCUT2D eigenvalue weighted by Gasteiger charge is -2.16. The van der Waals surface area contributed by atoms with Gasteiger partial charge in [-0.15, -0.1) is 0 Å². The van der Waals surface area contributed by atoms with Gasteiger partial charge in [0.15, 0.2) is 11.8 Å². The Morgan fingerprint density at radius 1 is 1.00 bits per heavy atom. The first kappa shape index (κ1) is 20.4. The van der Waals surface area contributed by atoms with Gasteiger partial charge in [-0.3, -0.25) is 4.79 Å². The molecule has 152 valence electrons. The van der Waals surface area contributed by atoms with Crippen molar-refractivity contribution >= 4 is 11.7 Å². The molecule has 0 fully saturated rings. The van der Waals surface area contributed by atoms with Crippen LogP contribution in [0.2, 0.25) is 0 Å². The van der Waals surface area contributed by atoms with Crippen molar-refractivity contribution < 1.29 is 18.9 Å².